The van der Waals surface area contributed by atoms with Crippen molar-refractivity contribution < 1.29 is 4.79 Å². The number of amides is 2. The molecule has 0 radical (unpaired) electrons. The summed E-state index contributed by atoms with van der Waals surface area (Å²) in [6, 6.07) is 10.0. The van der Waals surface area contributed by atoms with Gasteiger partial charge < -0.3 is 10.6 Å². The first kappa shape index (κ1) is 16.2. The minimum absolute atomic E-state index is 0.0687. The largest absolute Gasteiger partial charge is 0.338 e. The molecule has 3 atom stereocenters. The summed E-state index contributed by atoms with van der Waals surface area (Å²) < 4.78 is 0. The lowest BCUT2D eigenvalue weighted by Crippen LogP contribution is -2.36. The Bertz CT molecular complexity index is 695. The first-order chi connectivity index (χ1) is 12.3. The molecule has 5 heteroatoms. The van der Waals surface area contributed by atoms with Crippen molar-refractivity contribution in [2.75, 3.05) is 6.54 Å². The molecule has 2 aliphatic rings. The SMILES string of the molecule is O=C(NCC[C@@H]1C[C@H]2CC[C@H]1C2)NCc1ccc(-c2ccn[nH]2)cc1. The first-order valence-corrected chi connectivity index (χ1v) is 9.38. The number of nitrogens with zero attached hydrogens (tertiary/aromatic N) is 1. The van der Waals surface area contributed by atoms with E-state index in [2.05, 4.69) is 20.8 Å². The van der Waals surface area contributed by atoms with Crippen LogP contribution in [0, 0.1) is 17.8 Å². The summed E-state index contributed by atoms with van der Waals surface area (Å²) in [5.74, 6) is 2.76. The van der Waals surface area contributed by atoms with Crippen molar-refractivity contribution in [2.45, 2.75) is 38.6 Å². The maximum Gasteiger partial charge on any atom is 0.315 e. The van der Waals surface area contributed by atoms with E-state index < -0.39 is 0 Å². The molecule has 2 fully saturated rings. The molecule has 2 amide bonds. The van der Waals surface area contributed by atoms with Gasteiger partial charge >= 0.3 is 6.03 Å². The lowest BCUT2D eigenvalue weighted by molar-refractivity contribution is 0.237. The van der Waals surface area contributed by atoms with Crippen LogP contribution in [0.25, 0.3) is 11.3 Å². The molecule has 5 nitrogen and oxygen atoms in total. The number of nitrogens with one attached hydrogen (secondary N) is 3. The quantitative estimate of drug-likeness (QED) is 0.751. The number of hydrogen-bond donors (Lipinski definition) is 3. The summed E-state index contributed by atoms with van der Waals surface area (Å²) in [6.45, 7) is 1.34. The van der Waals surface area contributed by atoms with Crippen LogP contribution in [0.4, 0.5) is 4.79 Å². The van der Waals surface area contributed by atoms with E-state index in [1.807, 2.05) is 30.3 Å². The van der Waals surface area contributed by atoms with Crippen LogP contribution in [0.1, 0.15) is 37.7 Å². The van der Waals surface area contributed by atoms with Crippen molar-refractivity contribution in [1.29, 1.82) is 0 Å². The number of carbonyl (C=O) groups excluding carboxylic acids is 1. The van der Waals surface area contributed by atoms with E-state index >= 15 is 0 Å². The third-order valence-electron chi connectivity index (χ3n) is 5.90. The van der Waals surface area contributed by atoms with Gasteiger partial charge in [0.1, 0.15) is 0 Å². The number of fused-ring (bicyclic) bond motifs is 2. The number of aromatic amines is 1. The standard InChI is InChI=1S/C20H26N4O/c25-20(21-9-7-18-12-15-3-6-17(18)11-15)22-13-14-1-4-16(5-2-14)19-8-10-23-24-19/h1-2,4-5,8,10,15,17-18H,3,6-7,9,11-13H2,(H,23,24)(H2,21,22,25)/t15-,17-,18+/m0/s1. The van der Waals surface area contributed by atoms with E-state index in [-0.39, 0.29) is 6.03 Å². The summed E-state index contributed by atoms with van der Waals surface area (Å²) in [6.07, 6.45) is 8.55. The molecule has 2 bridgehead atoms. The van der Waals surface area contributed by atoms with E-state index in [1.165, 1.54) is 25.7 Å². The monoisotopic (exact) mass is 338 g/mol. The van der Waals surface area contributed by atoms with Crippen LogP contribution in [-0.4, -0.2) is 22.8 Å². The second-order valence-electron chi connectivity index (χ2n) is 7.50. The molecule has 1 aromatic carbocycles. The second kappa shape index (κ2) is 7.30. The average molecular weight is 338 g/mol. The molecule has 2 aliphatic carbocycles. The Morgan fingerprint density at radius 3 is 2.68 bits per heavy atom. The number of rotatable bonds is 6. The van der Waals surface area contributed by atoms with E-state index in [0.717, 1.165) is 47.5 Å². The molecule has 132 valence electrons. The van der Waals surface area contributed by atoms with E-state index in [4.69, 9.17) is 0 Å². The third kappa shape index (κ3) is 3.86. The number of benzene rings is 1. The zero-order chi connectivity index (χ0) is 17.1. The number of hydrogen-bond acceptors (Lipinski definition) is 2. The fourth-order valence-corrected chi connectivity index (χ4v) is 4.56. The summed E-state index contributed by atoms with van der Waals surface area (Å²) in [4.78, 5) is 12.0. The third-order valence-corrected chi connectivity index (χ3v) is 5.90. The van der Waals surface area contributed by atoms with Crippen LogP contribution in [-0.2, 0) is 6.54 Å². The van der Waals surface area contributed by atoms with Gasteiger partial charge in [0.05, 0.1) is 5.69 Å². The molecule has 0 unspecified atom stereocenters. The minimum atomic E-state index is -0.0687. The molecule has 0 saturated heterocycles. The summed E-state index contributed by atoms with van der Waals surface area (Å²) in [7, 11) is 0. The van der Waals surface area contributed by atoms with Crippen LogP contribution in [0.3, 0.4) is 0 Å². The van der Waals surface area contributed by atoms with Crippen LogP contribution in [0.5, 0.6) is 0 Å². The highest BCUT2D eigenvalue weighted by Crippen LogP contribution is 2.49. The number of H-pyrrole nitrogens is 1. The van der Waals surface area contributed by atoms with Crippen molar-refractivity contribution in [3.63, 3.8) is 0 Å². The van der Waals surface area contributed by atoms with Crippen molar-refractivity contribution in [2.24, 2.45) is 17.8 Å². The summed E-state index contributed by atoms with van der Waals surface area (Å²) >= 11 is 0. The van der Waals surface area contributed by atoms with Crippen LogP contribution in [0.15, 0.2) is 36.5 Å². The molecule has 1 aromatic heterocycles. The van der Waals surface area contributed by atoms with E-state index in [1.54, 1.807) is 6.20 Å². The highest BCUT2D eigenvalue weighted by Gasteiger charge is 2.38. The highest BCUT2D eigenvalue weighted by atomic mass is 16.2. The molecule has 3 N–H and O–H groups in total. The summed E-state index contributed by atoms with van der Waals surface area (Å²) in [5, 5.41) is 12.9. The van der Waals surface area contributed by atoms with Crippen molar-refractivity contribution in [3.05, 3.63) is 42.1 Å². The molecule has 1 heterocycles. The van der Waals surface area contributed by atoms with E-state index in [0.29, 0.717) is 6.54 Å². The van der Waals surface area contributed by atoms with Crippen molar-refractivity contribution in [3.8, 4) is 11.3 Å². The lowest BCUT2D eigenvalue weighted by atomic mass is 9.86. The van der Waals surface area contributed by atoms with Gasteiger partial charge in [-0.25, -0.2) is 4.79 Å². The predicted molar refractivity (Wildman–Crippen MR) is 97.8 cm³/mol. The molecule has 4 rings (SSSR count). The Morgan fingerprint density at radius 2 is 2.00 bits per heavy atom. The molecule has 0 aliphatic heterocycles. The molecule has 0 spiro atoms. The zero-order valence-electron chi connectivity index (χ0n) is 14.5. The predicted octanol–water partition coefficient (Wildman–Crippen LogP) is 3.70. The van der Waals surface area contributed by atoms with Gasteiger partial charge in [-0.05, 0) is 60.6 Å². The van der Waals surface area contributed by atoms with Gasteiger partial charge in [0, 0.05) is 19.3 Å². The fraction of sp³-hybridized carbons (Fsp3) is 0.500. The topological polar surface area (TPSA) is 69.8 Å². The van der Waals surface area contributed by atoms with Crippen molar-refractivity contribution >= 4 is 6.03 Å². The molecular formula is C20H26N4O. The Labute approximate surface area is 148 Å². The average Bonchev–Trinajstić information content (AvgIpc) is 3.38. The van der Waals surface area contributed by atoms with Crippen LogP contribution in [0.2, 0.25) is 0 Å². The molecule has 2 saturated carbocycles. The highest BCUT2D eigenvalue weighted by molar-refractivity contribution is 5.73. The lowest BCUT2D eigenvalue weighted by Gasteiger charge is -2.21. The summed E-state index contributed by atoms with van der Waals surface area (Å²) in [5.41, 5.74) is 3.18. The Kier molecular flexibility index (Phi) is 4.72. The maximum atomic E-state index is 12.0. The van der Waals surface area contributed by atoms with Gasteiger partial charge in [0.25, 0.3) is 0 Å². The van der Waals surface area contributed by atoms with Gasteiger partial charge in [-0.15, -0.1) is 0 Å². The second-order valence-corrected chi connectivity index (χ2v) is 7.50. The minimum Gasteiger partial charge on any atom is -0.338 e. The Hall–Kier alpha value is -2.30. The number of urea groups is 1. The Balaban J connectivity index is 1.17. The number of aromatic nitrogens is 2. The molecular weight excluding hydrogens is 312 g/mol. The normalized spacial score (nSPS) is 24.4. The molecule has 2 aromatic rings. The Morgan fingerprint density at radius 1 is 1.12 bits per heavy atom. The number of carbonyl (C=O) groups is 1. The maximum absolute atomic E-state index is 12.0. The smallest absolute Gasteiger partial charge is 0.315 e. The zero-order valence-corrected chi connectivity index (χ0v) is 14.5. The van der Waals surface area contributed by atoms with Gasteiger partial charge in [0.2, 0.25) is 0 Å². The molecule has 25 heavy (non-hydrogen) atoms. The van der Waals surface area contributed by atoms with Gasteiger partial charge in [0.15, 0.2) is 0 Å². The first-order valence-electron chi connectivity index (χ1n) is 9.38. The van der Waals surface area contributed by atoms with E-state index in [9.17, 15) is 4.79 Å². The van der Waals surface area contributed by atoms with Gasteiger partial charge in [-0.3, -0.25) is 5.10 Å². The van der Waals surface area contributed by atoms with Crippen LogP contribution >= 0.6 is 0 Å². The van der Waals surface area contributed by atoms with Crippen molar-refractivity contribution in [1.82, 2.24) is 20.8 Å². The van der Waals surface area contributed by atoms with Crippen LogP contribution < -0.4 is 10.6 Å². The van der Waals surface area contributed by atoms with Gasteiger partial charge in [-0.1, -0.05) is 30.7 Å². The fourth-order valence-electron chi connectivity index (χ4n) is 4.56. The van der Waals surface area contributed by atoms with Gasteiger partial charge in [-0.2, -0.15) is 5.10 Å².